The maximum absolute atomic E-state index is 11.7. The minimum absolute atomic E-state index is 0.0774. The molecule has 0 spiro atoms. The van der Waals surface area contributed by atoms with Gasteiger partial charge < -0.3 is 10.6 Å². The molecule has 19 heavy (non-hydrogen) atoms. The highest BCUT2D eigenvalue weighted by Gasteiger charge is 2.14. The number of amides is 1. The van der Waals surface area contributed by atoms with Crippen LogP contribution in [0.1, 0.15) is 25.8 Å². The van der Waals surface area contributed by atoms with Crippen LogP contribution < -0.4 is 10.6 Å². The minimum atomic E-state index is -0.420. The predicted molar refractivity (Wildman–Crippen MR) is 74.2 cm³/mol. The Balaban J connectivity index is 2.69. The van der Waals surface area contributed by atoms with Crippen LogP contribution in [0, 0.1) is 17.0 Å². The van der Waals surface area contributed by atoms with Gasteiger partial charge in [-0.2, -0.15) is 0 Å². The lowest BCUT2D eigenvalue weighted by Gasteiger charge is -2.15. The molecule has 1 aromatic carbocycles. The average molecular weight is 265 g/mol. The van der Waals surface area contributed by atoms with Crippen molar-refractivity contribution in [2.75, 3.05) is 11.9 Å². The smallest absolute Gasteiger partial charge is 0.272 e. The number of aryl methyl sites for hydroxylation is 1. The van der Waals surface area contributed by atoms with E-state index < -0.39 is 4.92 Å². The van der Waals surface area contributed by atoms with Crippen LogP contribution in [0.25, 0.3) is 0 Å². The van der Waals surface area contributed by atoms with E-state index in [-0.39, 0.29) is 17.6 Å². The van der Waals surface area contributed by atoms with Crippen LogP contribution in [0.5, 0.6) is 0 Å². The van der Waals surface area contributed by atoms with E-state index in [2.05, 4.69) is 10.6 Å². The summed E-state index contributed by atoms with van der Waals surface area (Å²) in [6.07, 6.45) is 0.884. The molecule has 6 heteroatoms. The normalized spacial score (nSPS) is 11.7. The van der Waals surface area contributed by atoms with Gasteiger partial charge in [-0.3, -0.25) is 14.9 Å². The summed E-state index contributed by atoms with van der Waals surface area (Å²) in [6, 6.07) is 4.33. The summed E-state index contributed by atoms with van der Waals surface area (Å²) >= 11 is 0. The molecule has 1 rings (SSSR count). The monoisotopic (exact) mass is 265 g/mol. The number of nitrogens with zero attached hydrogens (tertiary/aromatic N) is 1. The fourth-order valence-corrected chi connectivity index (χ4v) is 1.67. The molecule has 0 heterocycles. The van der Waals surface area contributed by atoms with Gasteiger partial charge in [0.2, 0.25) is 5.91 Å². The van der Waals surface area contributed by atoms with E-state index in [0.29, 0.717) is 17.8 Å². The summed E-state index contributed by atoms with van der Waals surface area (Å²) in [6.45, 7) is 6.05. The van der Waals surface area contributed by atoms with Crippen molar-refractivity contribution < 1.29 is 9.72 Å². The van der Waals surface area contributed by atoms with Gasteiger partial charge in [0.05, 0.1) is 4.92 Å². The Kier molecular flexibility index (Phi) is 5.29. The maximum Gasteiger partial charge on any atom is 0.272 e. The summed E-state index contributed by atoms with van der Waals surface area (Å²) in [4.78, 5) is 22.0. The molecule has 1 amide bonds. The molecular weight excluding hydrogens is 246 g/mol. The number of carbonyl (C=O) groups excluding carboxylic acids is 1. The lowest BCUT2D eigenvalue weighted by molar-refractivity contribution is -0.385. The minimum Gasteiger partial charge on any atom is -0.374 e. The van der Waals surface area contributed by atoms with Crippen molar-refractivity contribution in [3.8, 4) is 0 Å². The van der Waals surface area contributed by atoms with Crippen molar-refractivity contribution in [3.05, 3.63) is 33.9 Å². The number of nitro benzene ring substituents is 1. The average Bonchev–Trinajstić information content (AvgIpc) is 2.35. The molecule has 0 radical (unpaired) electrons. The molecule has 0 saturated heterocycles. The number of anilines is 1. The van der Waals surface area contributed by atoms with E-state index in [9.17, 15) is 14.9 Å². The zero-order valence-electron chi connectivity index (χ0n) is 11.4. The third kappa shape index (κ3) is 4.24. The molecule has 0 aliphatic rings. The van der Waals surface area contributed by atoms with Crippen molar-refractivity contribution in [2.45, 2.75) is 33.2 Å². The molecular formula is C13H19N3O3. The summed E-state index contributed by atoms with van der Waals surface area (Å²) in [5.41, 5.74) is 1.34. The SMILES string of the molecule is CCCNC(=O)C(C)Nc1ccc([N+](=O)[O-])c(C)c1. The number of benzene rings is 1. The Labute approximate surface area is 112 Å². The largest absolute Gasteiger partial charge is 0.374 e. The second-order valence-corrected chi connectivity index (χ2v) is 4.42. The summed E-state index contributed by atoms with van der Waals surface area (Å²) in [5, 5.41) is 16.5. The van der Waals surface area contributed by atoms with Gasteiger partial charge in [-0.25, -0.2) is 0 Å². The van der Waals surface area contributed by atoms with Crippen molar-refractivity contribution >= 4 is 17.3 Å². The van der Waals surface area contributed by atoms with Crippen LogP contribution in [0.3, 0.4) is 0 Å². The van der Waals surface area contributed by atoms with Gasteiger partial charge in [0.1, 0.15) is 6.04 Å². The van der Waals surface area contributed by atoms with Gasteiger partial charge >= 0.3 is 0 Å². The van der Waals surface area contributed by atoms with E-state index in [1.54, 1.807) is 26.0 Å². The lowest BCUT2D eigenvalue weighted by atomic mass is 10.1. The first-order valence-electron chi connectivity index (χ1n) is 6.25. The molecule has 2 N–H and O–H groups in total. The van der Waals surface area contributed by atoms with Crippen LogP contribution in [0.15, 0.2) is 18.2 Å². The topological polar surface area (TPSA) is 84.3 Å². The Morgan fingerprint density at radius 3 is 2.68 bits per heavy atom. The summed E-state index contributed by atoms with van der Waals surface area (Å²) in [7, 11) is 0. The van der Waals surface area contributed by atoms with Gasteiger partial charge in [-0.1, -0.05) is 6.92 Å². The number of nitrogens with one attached hydrogen (secondary N) is 2. The Morgan fingerprint density at radius 2 is 2.16 bits per heavy atom. The van der Waals surface area contributed by atoms with Crippen LogP contribution in [0.2, 0.25) is 0 Å². The first-order valence-corrected chi connectivity index (χ1v) is 6.25. The highest BCUT2D eigenvalue weighted by molar-refractivity contribution is 5.84. The van der Waals surface area contributed by atoms with E-state index in [4.69, 9.17) is 0 Å². The molecule has 0 aromatic heterocycles. The van der Waals surface area contributed by atoms with Crippen molar-refractivity contribution in [2.24, 2.45) is 0 Å². The summed E-state index contributed by atoms with van der Waals surface area (Å²) in [5.74, 6) is -0.0853. The second-order valence-electron chi connectivity index (χ2n) is 4.42. The molecule has 0 bridgehead atoms. The number of hydrogen-bond acceptors (Lipinski definition) is 4. The third-order valence-electron chi connectivity index (χ3n) is 2.72. The van der Waals surface area contributed by atoms with Crippen molar-refractivity contribution in [1.82, 2.24) is 5.32 Å². The van der Waals surface area contributed by atoms with Crippen LogP contribution >= 0.6 is 0 Å². The fraction of sp³-hybridized carbons (Fsp3) is 0.462. The highest BCUT2D eigenvalue weighted by Crippen LogP contribution is 2.21. The Bertz CT molecular complexity index is 474. The quantitative estimate of drug-likeness (QED) is 0.610. The molecule has 0 aliphatic carbocycles. The molecule has 0 fully saturated rings. The van der Waals surface area contributed by atoms with Gasteiger partial charge in [-0.05, 0) is 32.4 Å². The highest BCUT2D eigenvalue weighted by atomic mass is 16.6. The Morgan fingerprint density at radius 1 is 1.47 bits per heavy atom. The van der Waals surface area contributed by atoms with Crippen molar-refractivity contribution in [3.63, 3.8) is 0 Å². The molecule has 1 aromatic rings. The zero-order chi connectivity index (χ0) is 14.4. The van der Waals surface area contributed by atoms with Crippen molar-refractivity contribution in [1.29, 1.82) is 0 Å². The maximum atomic E-state index is 11.7. The van der Waals surface area contributed by atoms with Gasteiger partial charge in [-0.15, -0.1) is 0 Å². The Hall–Kier alpha value is -2.11. The summed E-state index contributed by atoms with van der Waals surface area (Å²) < 4.78 is 0. The van der Waals surface area contributed by atoms with E-state index in [1.807, 2.05) is 6.92 Å². The van der Waals surface area contributed by atoms with E-state index in [0.717, 1.165) is 6.42 Å². The van der Waals surface area contributed by atoms with Gasteiger partial charge in [0.15, 0.2) is 0 Å². The first-order chi connectivity index (χ1) is 8.95. The molecule has 1 atom stereocenters. The standard InChI is InChI=1S/C13H19N3O3/c1-4-7-14-13(17)10(3)15-11-5-6-12(16(18)19)9(2)8-11/h5-6,8,10,15H,4,7H2,1-3H3,(H,14,17). The molecule has 104 valence electrons. The molecule has 0 saturated carbocycles. The van der Waals surface area contributed by atoms with Gasteiger partial charge in [0.25, 0.3) is 5.69 Å². The third-order valence-corrected chi connectivity index (χ3v) is 2.72. The fourth-order valence-electron chi connectivity index (χ4n) is 1.67. The molecule has 1 unspecified atom stereocenters. The second kappa shape index (κ2) is 6.72. The first kappa shape index (κ1) is 14.9. The lowest BCUT2D eigenvalue weighted by Crippen LogP contribution is -2.37. The number of carbonyl (C=O) groups is 1. The zero-order valence-corrected chi connectivity index (χ0v) is 11.4. The number of hydrogen-bond donors (Lipinski definition) is 2. The van der Waals surface area contributed by atoms with Gasteiger partial charge in [0, 0.05) is 23.9 Å². The molecule has 0 aliphatic heterocycles. The van der Waals surface area contributed by atoms with E-state index >= 15 is 0 Å². The number of rotatable bonds is 6. The van der Waals surface area contributed by atoms with Crippen LogP contribution in [-0.2, 0) is 4.79 Å². The van der Waals surface area contributed by atoms with Crippen LogP contribution in [0.4, 0.5) is 11.4 Å². The predicted octanol–water partition coefficient (Wildman–Crippen LogP) is 2.23. The van der Waals surface area contributed by atoms with Crippen LogP contribution in [-0.4, -0.2) is 23.4 Å². The number of nitro groups is 1. The molecule has 6 nitrogen and oxygen atoms in total. The van der Waals surface area contributed by atoms with E-state index in [1.165, 1.54) is 6.07 Å².